The molecule has 3 N–H and O–H groups in total. The zero-order valence-corrected chi connectivity index (χ0v) is 15.4. The van der Waals surface area contributed by atoms with Crippen LogP contribution < -0.4 is 11.1 Å². The molecule has 2 amide bonds. The third-order valence-corrected chi connectivity index (χ3v) is 5.54. The highest BCUT2D eigenvalue weighted by molar-refractivity contribution is 7.85. The zero-order chi connectivity index (χ0) is 18.6. The lowest BCUT2D eigenvalue weighted by atomic mass is 10.1. The summed E-state index contributed by atoms with van der Waals surface area (Å²) in [6, 6.07) is 13.5. The summed E-state index contributed by atoms with van der Waals surface area (Å²) in [5.74, 6) is -0.497. The summed E-state index contributed by atoms with van der Waals surface area (Å²) < 4.78 is 12.0. The van der Waals surface area contributed by atoms with Crippen LogP contribution in [0.3, 0.4) is 0 Å². The van der Waals surface area contributed by atoms with Crippen LogP contribution in [0.1, 0.15) is 47.1 Å². The maximum atomic E-state index is 12.4. The first-order valence-electron chi connectivity index (χ1n) is 7.85. The number of carbonyl (C=O) groups excluding carboxylic acids is 2. The van der Waals surface area contributed by atoms with E-state index in [0.717, 1.165) is 5.56 Å². The lowest BCUT2D eigenvalue weighted by molar-refractivity contribution is 0.1000. The van der Waals surface area contributed by atoms with Gasteiger partial charge in [0, 0.05) is 38.1 Å². The Hall–Kier alpha value is -2.47. The van der Waals surface area contributed by atoms with E-state index in [2.05, 4.69) is 5.32 Å². The van der Waals surface area contributed by atoms with Crippen LogP contribution in [-0.2, 0) is 16.6 Å². The quantitative estimate of drug-likeness (QED) is 0.861. The average Bonchev–Trinajstić information content (AvgIpc) is 2.54. The Morgan fingerprint density at radius 2 is 1.68 bits per heavy atom. The monoisotopic (exact) mass is 358 g/mol. The van der Waals surface area contributed by atoms with Crippen LogP contribution in [0.15, 0.2) is 48.5 Å². The zero-order valence-electron chi connectivity index (χ0n) is 14.5. The molecular weight excluding hydrogens is 336 g/mol. The largest absolute Gasteiger partial charge is 0.366 e. The second-order valence-electron chi connectivity index (χ2n) is 6.70. The van der Waals surface area contributed by atoms with Gasteiger partial charge in [-0.1, -0.05) is 18.2 Å². The minimum atomic E-state index is -1.02. The predicted molar refractivity (Wildman–Crippen MR) is 101 cm³/mol. The summed E-state index contributed by atoms with van der Waals surface area (Å²) in [4.78, 5) is 23.6. The second kappa shape index (κ2) is 7.61. The van der Waals surface area contributed by atoms with E-state index >= 15 is 0 Å². The fraction of sp³-hybridized carbons (Fsp3) is 0.263. The molecule has 0 saturated heterocycles. The first-order valence-corrected chi connectivity index (χ1v) is 9.17. The number of rotatable bonds is 5. The van der Waals surface area contributed by atoms with Gasteiger partial charge in [0.25, 0.3) is 5.91 Å². The Morgan fingerprint density at radius 3 is 2.32 bits per heavy atom. The topological polar surface area (TPSA) is 89.3 Å². The SMILES string of the molecule is CC(C)(C)S(=O)Cc1cccc(NC(=O)c2cccc(C(N)=O)c2)c1. The van der Waals surface area contributed by atoms with Crippen molar-refractivity contribution in [3.8, 4) is 0 Å². The Labute approximate surface area is 150 Å². The number of nitrogens with one attached hydrogen (secondary N) is 1. The maximum Gasteiger partial charge on any atom is 0.255 e. The van der Waals surface area contributed by atoms with E-state index in [-0.39, 0.29) is 16.2 Å². The average molecular weight is 358 g/mol. The Morgan fingerprint density at radius 1 is 1.04 bits per heavy atom. The van der Waals surface area contributed by atoms with Crippen molar-refractivity contribution in [3.63, 3.8) is 0 Å². The lowest BCUT2D eigenvalue weighted by Crippen LogP contribution is -2.23. The molecule has 2 aromatic carbocycles. The third-order valence-electron chi connectivity index (χ3n) is 3.57. The molecule has 0 aliphatic rings. The van der Waals surface area contributed by atoms with Gasteiger partial charge in [0.05, 0.1) is 0 Å². The maximum absolute atomic E-state index is 12.4. The van der Waals surface area contributed by atoms with Crippen molar-refractivity contribution in [2.24, 2.45) is 5.73 Å². The number of amides is 2. The van der Waals surface area contributed by atoms with Gasteiger partial charge in [-0.05, 0) is 56.7 Å². The standard InChI is InChI=1S/C19H22N2O3S/c1-19(2,3)25(24)12-13-6-4-9-16(10-13)21-18(23)15-8-5-7-14(11-15)17(20)22/h4-11H,12H2,1-3H3,(H2,20,22)(H,21,23). The number of benzene rings is 2. The van der Waals surface area contributed by atoms with E-state index in [1.807, 2.05) is 32.9 Å². The minimum absolute atomic E-state index is 0.280. The molecule has 1 atom stereocenters. The summed E-state index contributed by atoms with van der Waals surface area (Å²) in [5, 5.41) is 2.79. The highest BCUT2D eigenvalue weighted by atomic mass is 32.2. The molecule has 0 bridgehead atoms. The van der Waals surface area contributed by atoms with Crippen LogP contribution in [0.2, 0.25) is 0 Å². The van der Waals surface area contributed by atoms with Crippen LogP contribution in [0.5, 0.6) is 0 Å². The lowest BCUT2D eigenvalue weighted by Gasteiger charge is -2.18. The minimum Gasteiger partial charge on any atom is -0.366 e. The molecule has 6 heteroatoms. The van der Waals surface area contributed by atoms with Crippen LogP contribution in [-0.4, -0.2) is 20.8 Å². The summed E-state index contributed by atoms with van der Waals surface area (Å²) in [6.07, 6.45) is 0. The van der Waals surface area contributed by atoms with Crippen LogP contribution in [0.25, 0.3) is 0 Å². The molecule has 132 valence electrons. The molecule has 25 heavy (non-hydrogen) atoms. The van der Waals surface area contributed by atoms with Gasteiger partial charge >= 0.3 is 0 Å². The fourth-order valence-electron chi connectivity index (χ4n) is 2.12. The molecule has 0 aliphatic carbocycles. The molecule has 0 radical (unpaired) electrons. The number of carbonyl (C=O) groups is 2. The summed E-state index contributed by atoms with van der Waals surface area (Å²) in [7, 11) is -1.02. The van der Waals surface area contributed by atoms with Crippen molar-refractivity contribution in [1.29, 1.82) is 0 Å². The molecule has 0 aromatic heterocycles. The molecule has 2 aromatic rings. The number of hydrogen-bond acceptors (Lipinski definition) is 3. The molecule has 5 nitrogen and oxygen atoms in total. The molecule has 1 unspecified atom stereocenters. The molecule has 0 aliphatic heterocycles. The van der Waals surface area contributed by atoms with E-state index in [4.69, 9.17) is 5.73 Å². The van der Waals surface area contributed by atoms with Gasteiger partial charge in [-0.25, -0.2) is 0 Å². The summed E-state index contributed by atoms with van der Waals surface area (Å²) >= 11 is 0. The predicted octanol–water partition coefficient (Wildman–Crippen LogP) is 3.09. The van der Waals surface area contributed by atoms with E-state index in [1.165, 1.54) is 6.07 Å². The molecule has 0 spiro atoms. The Kier molecular flexibility index (Phi) is 5.74. The van der Waals surface area contributed by atoms with Gasteiger partial charge in [-0.15, -0.1) is 0 Å². The number of primary amides is 1. The van der Waals surface area contributed by atoms with Crippen molar-refractivity contribution in [2.75, 3.05) is 5.32 Å². The van der Waals surface area contributed by atoms with Crippen LogP contribution >= 0.6 is 0 Å². The normalized spacial score (nSPS) is 12.4. The van der Waals surface area contributed by atoms with E-state index < -0.39 is 16.7 Å². The van der Waals surface area contributed by atoms with Crippen molar-refractivity contribution in [3.05, 3.63) is 65.2 Å². The van der Waals surface area contributed by atoms with E-state index in [1.54, 1.807) is 30.3 Å². The van der Waals surface area contributed by atoms with Gasteiger partial charge < -0.3 is 11.1 Å². The first kappa shape index (κ1) is 18.9. The van der Waals surface area contributed by atoms with Crippen molar-refractivity contribution in [1.82, 2.24) is 0 Å². The van der Waals surface area contributed by atoms with Crippen LogP contribution in [0, 0.1) is 0 Å². The van der Waals surface area contributed by atoms with Crippen molar-refractivity contribution >= 4 is 28.3 Å². The molecular formula is C19H22N2O3S. The Balaban J connectivity index is 2.14. The molecule has 0 heterocycles. The number of nitrogens with two attached hydrogens (primary N) is 1. The molecule has 0 saturated carbocycles. The van der Waals surface area contributed by atoms with Crippen molar-refractivity contribution < 1.29 is 13.8 Å². The second-order valence-corrected chi connectivity index (χ2v) is 8.91. The summed E-state index contributed by atoms with van der Waals surface area (Å²) in [6.45, 7) is 5.79. The highest BCUT2D eigenvalue weighted by Crippen LogP contribution is 2.19. The number of hydrogen-bond donors (Lipinski definition) is 2. The smallest absolute Gasteiger partial charge is 0.255 e. The molecule has 0 fully saturated rings. The van der Waals surface area contributed by atoms with Gasteiger partial charge in [0.1, 0.15) is 0 Å². The third kappa shape index (κ3) is 5.26. The Bertz CT molecular complexity index is 825. The van der Waals surface area contributed by atoms with Gasteiger partial charge in [-0.2, -0.15) is 0 Å². The van der Waals surface area contributed by atoms with Gasteiger partial charge in [0.15, 0.2) is 0 Å². The fourth-order valence-corrected chi connectivity index (χ4v) is 3.04. The van der Waals surface area contributed by atoms with Crippen molar-refractivity contribution in [2.45, 2.75) is 31.3 Å². The molecule has 2 rings (SSSR count). The van der Waals surface area contributed by atoms with Gasteiger partial charge in [-0.3, -0.25) is 13.8 Å². The van der Waals surface area contributed by atoms with E-state index in [0.29, 0.717) is 17.0 Å². The van der Waals surface area contributed by atoms with Gasteiger partial charge in [0.2, 0.25) is 5.91 Å². The van der Waals surface area contributed by atoms with Crippen LogP contribution in [0.4, 0.5) is 5.69 Å². The number of anilines is 1. The summed E-state index contributed by atoms with van der Waals surface area (Å²) in [5.41, 5.74) is 7.36. The highest BCUT2D eigenvalue weighted by Gasteiger charge is 2.19. The first-order chi connectivity index (χ1) is 11.7. The van der Waals surface area contributed by atoms with E-state index in [9.17, 15) is 13.8 Å².